The summed E-state index contributed by atoms with van der Waals surface area (Å²) in [5, 5.41) is 25.0. The number of nitrogens with zero attached hydrogens (tertiary/aromatic N) is 3. The van der Waals surface area contributed by atoms with Gasteiger partial charge < -0.3 is 0 Å². The van der Waals surface area contributed by atoms with Crippen molar-refractivity contribution in [1.29, 1.82) is 15.8 Å². The van der Waals surface area contributed by atoms with Crippen LogP contribution in [0.1, 0.15) is 19.3 Å². The lowest BCUT2D eigenvalue weighted by Crippen LogP contribution is -2.25. The maximum absolute atomic E-state index is 12.0. The molecule has 0 saturated carbocycles. The van der Waals surface area contributed by atoms with Crippen molar-refractivity contribution in [1.82, 2.24) is 16.4 Å². The van der Waals surface area contributed by atoms with E-state index >= 15 is 0 Å². The van der Waals surface area contributed by atoms with Crippen molar-refractivity contribution in [3.63, 3.8) is 0 Å². The van der Waals surface area contributed by atoms with Gasteiger partial charge in [-0.3, -0.25) is 0 Å². The third-order valence-corrected chi connectivity index (χ3v) is 2.60. The van der Waals surface area contributed by atoms with Crippen LogP contribution in [0.2, 0.25) is 0 Å². The van der Waals surface area contributed by atoms with Gasteiger partial charge >= 0.3 is 7.82 Å². The van der Waals surface area contributed by atoms with Crippen molar-refractivity contribution in [2.75, 3.05) is 19.6 Å². The molecular formula is C9H15N6O4P. The third kappa shape index (κ3) is 10.4. The number of hydrogen-bond donors (Lipinski definition) is 3. The Balaban J connectivity index is 4.14. The molecule has 10 nitrogen and oxygen atoms in total. The number of hydrogen-bond acceptors (Lipinski definition) is 10. The van der Waals surface area contributed by atoms with E-state index in [1.807, 2.05) is 18.2 Å². The maximum atomic E-state index is 12.0. The molecule has 20 heavy (non-hydrogen) atoms. The Morgan fingerprint density at radius 2 is 1.05 bits per heavy atom. The van der Waals surface area contributed by atoms with E-state index in [9.17, 15) is 4.57 Å². The molecule has 0 rings (SSSR count). The molecule has 0 spiro atoms. The molecule has 0 bridgehead atoms. The highest BCUT2D eigenvalue weighted by Gasteiger charge is 2.28. The summed E-state index contributed by atoms with van der Waals surface area (Å²) in [4.78, 5) is 0. The summed E-state index contributed by atoms with van der Waals surface area (Å²) in [6.07, 6.45) is 0.428. The van der Waals surface area contributed by atoms with Crippen LogP contribution in [0, 0.1) is 34.0 Å². The number of rotatable bonds is 12. The summed E-state index contributed by atoms with van der Waals surface area (Å²) in [7, 11) is -4.00. The fraction of sp³-hybridized carbons (Fsp3) is 0.667. The van der Waals surface area contributed by atoms with E-state index in [4.69, 9.17) is 29.7 Å². The second-order valence-electron chi connectivity index (χ2n) is 3.13. The Kier molecular flexibility index (Phi) is 11.5. The summed E-state index contributed by atoms with van der Waals surface area (Å²) in [5.41, 5.74) is 6.79. The first-order valence-corrected chi connectivity index (χ1v) is 7.10. The standard InChI is InChI=1S/C9H15N6O4P/c10-4-1-7-13-17-20(16,18-14-8-2-5-11)19-15-9-3-6-12/h13-15H,1-3,7-9H2. The average Bonchev–Trinajstić information content (AvgIpc) is 2.45. The molecular weight excluding hydrogens is 287 g/mol. The van der Waals surface area contributed by atoms with Gasteiger partial charge in [0.15, 0.2) is 0 Å². The zero-order valence-corrected chi connectivity index (χ0v) is 11.6. The quantitative estimate of drug-likeness (QED) is 0.262. The predicted octanol–water partition coefficient (Wildman–Crippen LogP) is 0.399. The minimum absolute atomic E-state index is 0.129. The highest BCUT2D eigenvalue weighted by Crippen LogP contribution is 2.46. The fourth-order valence-electron chi connectivity index (χ4n) is 0.751. The van der Waals surface area contributed by atoms with Crippen LogP contribution in [-0.4, -0.2) is 19.6 Å². The molecule has 0 aliphatic heterocycles. The summed E-state index contributed by atoms with van der Waals surface area (Å²) < 4.78 is 26.1. The van der Waals surface area contributed by atoms with Crippen LogP contribution in [0.15, 0.2) is 0 Å². The normalized spacial score (nSPS) is 10.4. The second-order valence-corrected chi connectivity index (χ2v) is 4.57. The van der Waals surface area contributed by atoms with E-state index in [1.54, 1.807) is 0 Å². The van der Waals surface area contributed by atoms with Gasteiger partial charge in [0.05, 0.1) is 18.2 Å². The zero-order valence-electron chi connectivity index (χ0n) is 10.7. The van der Waals surface area contributed by atoms with Gasteiger partial charge in [0.25, 0.3) is 0 Å². The van der Waals surface area contributed by atoms with E-state index < -0.39 is 7.82 Å². The molecule has 0 aliphatic rings. The number of nitrogens with one attached hydrogen (secondary N) is 3. The van der Waals surface area contributed by atoms with Crippen LogP contribution in [-0.2, 0) is 18.4 Å². The van der Waals surface area contributed by atoms with E-state index in [2.05, 4.69) is 16.4 Å². The minimum Gasteiger partial charge on any atom is -0.223 e. The Hall–Kier alpha value is -1.54. The van der Waals surface area contributed by atoms with Crippen LogP contribution in [0.4, 0.5) is 0 Å². The molecule has 3 N–H and O–H groups in total. The maximum Gasteiger partial charge on any atom is 0.524 e. The van der Waals surface area contributed by atoms with Crippen molar-refractivity contribution < 1.29 is 18.4 Å². The minimum atomic E-state index is -4.00. The molecule has 110 valence electrons. The van der Waals surface area contributed by atoms with Crippen LogP contribution in [0.5, 0.6) is 0 Å². The van der Waals surface area contributed by atoms with E-state index in [-0.39, 0.29) is 38.9 Å². The van der Waals surface area contributed by atoms with Gasteiger partial charge in [0.1, 0.15) is 0 Å². The molecule has 0 saturated heterocycles. The van der Waals surface area contributed by atoms with Crippen molar-refractivity contribution in [2.45, 2.75) is 19.3 Å². The van der Waals surface area contributed by atoms with E-state index in [0.717, 1.165) is 0 Å². The van der Waals surface area contributed by atoms with Crippen LogP contribution in [0.25, 0.3) is 0 Å². The van der Waals surface area contributed by atoms with Gasteiger partial charge in [-0.25, -0.2) is 4.57 Å². The first-order valence-electron chi connectivity index (χ1n) is 5.63. The van der Waals surface area contributed by atoms with Crippen LogP contribution >= 0.6 is 7.82 Å². The van der Waals surface area contributed by atoms with Crippen molar-refractivity contribution >= 4 is 7.82 Å². The summed E-state index contributed by atoms with van der Waals surface area (Å²) in [5.74, 6) is 0. The monoisotopic (exact) mass is 302 g/mol. The van der Waals surface area contributed by atoms with Crippen LogP contribution in [0.3, 0.4) is 0 Å². The number of hydroxylamine groups is 3. The first-order chi connectivity index (χ1) is 9.68. The smallest absolute Gasteiger partial charge is 0.223 e. The lowest BCUT2D eigenvalue weighted by Gasteiger charge is -2.16. The third-order valence-electron chi connectivity index (χ3n) is 1.55. The molecule has 0 aromatic rings. The van der Waals surface area contributed by atoms with Crippen molar-refractivity contribution in [3.05, 3.63) is 0 Å². The van der Waals surface area contributed by atoms with Crippen molar-refractivity contribution in [3.8, 4) is 18.2 Å². The molecule has 0 heterocycles. The topological polar surface area (TPSA) is 152 Å². The van der Waals surface area contributed by atoms with E-state index in [0.29, 0.717) is 0 Å². The molecule has 11 heteroatoms. The Labute approximate surface area is 116 Å². The molecule has 0 fully saturated rings. The Morgan fingerprint density at radius 1 is 0.750 bits per heavy atom. The lowest BCUT2D eigenvalue weighted by molar-refractivity contribution is 0.0175. The highest BCUT2D eigenvalue weighted by atomic mass is 31.2. The Bertz CT molecular complexity index is 364. The lowest BCUT2D eigenvalue weighted by atomic mass is 10.5. The average molecular weight is 302 g/mol. The largest absolute Gasteiger partial charge is 0.524 e. The Morgan fingerprint density at radius 3 is 1.30 bits per heavy atom. The van der Waals surface area contributed by atoms with Gasteiger partial charge in [0.2, 0.25) is 0 Å². The van der Waals surface area contributed by atoms with Crippen molar-refractivity contribution in [2.24, 2.45) is 0 Å². The second kappa shape index (κ2) is 12.5. The number of nitriles is 3. The molecule has 0 aromatic carbocycles. The summed E-state index contributed by atoms with van der Waals surface area (Å²) in [6.45, 7) is 0.386. The molecule has 0 aliphatic carbocycles. The first kappa shape index (κ1) is 18.5. The molecule has 0 aromatic heterocycles. The molecule has 0 atom stereocenters. The zero-order chi connectivity index (χ0) is 15.1. The van der Waals surface area contributed by atoms with Gasteiger partial charge in [-0.1, -0.05) is 0 Å². The molecule has 0 amide bonds. The van der Waals surface area contributed by atoms with Gasteiger partial charge in [-0.2, -0.15) is 46.1 Å². The SMILES string of the molecule is N#CCCNOP(=O)(ONCCC#N)ONCCC#N. The summed E-state index contributed by atoms with van der Waals surface area (Å²) >= 11 is 0. The van der Waals surface area contributed by atoms with Crippen LogP contribution < -0.4 is 16.4 Å². The number of phosphoric acid groups is 1. The predicted molar refractivity (Wildman–Crippen MR) is 65.6 cm³/mol. The van der Waals surface area contributed by atoms with Gasteiger partial charge in [-0.15, -0.1) is 0 Å². The fourth-order valence-corrected chi connectivity index (χ4v) is 1.61. The van der Waals surface area contributed by atoms with E-state index in [1.165, 1.54) is 0 Å². The molecule has 0 radical (unpaired) electrons. The van der Waals surface area contributed by atoms with Gasteiger partial charge in [-0.05, 0) is 0 Å². The highest BCUT2D eigenvalue weighted by molar-refractivity contribution is 7.48. The molecule has 0 unspecified atom stereocenters. The van der Waals surface area contributed by atoms with Gasteiger partial charge in [0, 0.05) is 38.9 Å². The summed E-state index contributed by atoms with van der Waals surface area (Å²) in [6, 6.07) is 5.57.